The topological polar surface area (TPSA) is 38.8 Å². The van der Waals surface area contributed by atoms with Crippen LogP contribution in [0.5, 0.6) is 11.5 Å². The van der Waals surface area contributed by atoms with Crippen molar-refractivity contribution in [2.75, 3.05) is 19.7 Å². The first-order chi connectivity index (χ1) is 9.34. The molecule has 19 heavy (non-hydrogen) atoms. The fourth-order valence-corrected chi connectivity index (χ4v) is 2.64. The van der Waals surface area contributed by atoms with Gasteiger partial charge in [0, 0.05) is 13.1 Å². The van der Waals surface area contributed by atoms with Crippen molar-refractivity contribution in [2.45, 2.75) is 31.8 Å². The second kappa shape index (κ2) is 5.51. The van der Waals surface area contributed by atoms with E-state index in [9.17, 15) is 4.79 Å². The fraction of sp³-hybridized carbons (Fsp3) is 0.533. The zero-order chi connectivity index (χ0) is 13.1. The quantitative estimate of drug-likeness (QED) is 0.778. The molecule has 0 bridgehead atoms. The van der Waals surface area contributed by atoms with Crippen molar-refractivity contribution in [3.05, 3.63) is 24.3 Å². The Balaban J connectivity index is 1.68. The number of likely N-dealkylation sites (tertiary alicyclic amines) is 1. The molecular formula is C15H19NO3. The van der Waals surface area contributed by atoms with Crippen LogP contribution in [-0.2, 0) is 4.79 Å². The van der Waals surface area contributed by atoms with E-state index in [2.05, 4.69) is 0 Å². The molecule has 0 spiro atoms. The summed E-state index contributed by atoms with van der Waals surface area (Å²) in [6, 6.07) is 7.50. The Labute approximate surface area is 113 Å². The fourth-order valence-electron chi connectivity index (χ4n) is 2.64. The summed E-state index contributed by atoms with van der Waals surface area (Å²) in [6.45, 7) is 2.01. The van der Waals surface area contributed by atoms with Gasteiger partial charge in [0.2, 0.25) is 6.10 Å². The second-order valence-corrected chi connectivity index (χ2v) is 5.10. The van der Waals surface area contributed by atoms with Gasteiger partial charge >= 0.3 is 0 Å². The molecule has 1 aromatic carbocycles. The largest absolute Gasteiger partial charge is 0.485 e. The first-order valence-electron chi connectivity index (χ1n) is 7.02. The molecule has 2 aliphatic heterocycles. The number of carbonyl (C=O) groups excluding carboxylic acids is 1. The van der Waals surface area contributed by atoms with Crippen LogP contribution < -0.4 is 9.47 Å². The summed E-state index contributed by atoms with van der Waals surface area (Å²) in [5.74, 6) is 1.46. The van der Waals surface area contributed by atoms with Crippen molar-refractivity contribution in [3.8, 4) is 11.5 Å². The molecule has 3 rings (SSSR count). The summed E-state index contributed by atoms with van der Waals surface area (Å²) in [6.07, 6.45) is 4.13. The van der Waals surface area contributed by atoms with Crippen LogP contribution in [0.2, 0.25) is 0 Å². The van der Waals surface area contributed by atoms with E-state index in [1.165, 1.54) is 12.8 Å². The average Bonchev–Trinajstić information content (AvgIpc) is 2.75. The molecule has 0 N–H and O–H groups in total. The highest BCUT2D eigenvalue weighted by atomic mass is 16.6. The zero-order valence-electron chi connectivity index (χ0n) is 11.0. The molecule has 0 saturated carbocycles. The number of hydrogen-bond donors (Lipinski definition) is 0. The third-order valence-corrected chi connectivity index (χ3v) is 3.70. The Kier molecular flexibility index (Phi) is 3.58. The summed E-state index contributed by atoms with van der Waals surface area (Å²) in [7, 11) is 0. The summed E-state index contributed by atoms with van der Waals surface area (Å²) in [5, 5.41) is 0. The van der Waals surface area contributed by atoms with E-state index < -0.39 is 6.10 Å². The highest BCUT2D eigenvalue weighted by Gasteiger charge is 2.31. The number of para-hydroxylation sites is 2. The Morgan fingerprint density at radius 3 is 2.47 bits per heavy atom. The van der Waals surface area contributed by atoms with Gasteiger partial charge in [-0.3, -0.25) is 4.79 Å². The number of amides is 1. The summed E-state index contributed by atoms with van der Waals surface area (Å²) in [4.78, 5) is 14.4. The van der Waals surface area contributed by atoms with Crippen LogP contribution in [-0.4, -0.2) is 36.6 Å². The van der Waals surface area contributed by atoms with E-state index in [4.69, 9.17) is 9.47 Å². The summed E-state index contributed by atoms with van der Waals surface area (Å²) >= 11 is 0. The molecule has 1 aromatic rings. The molecule has 1 saturated heterocycles. The molecule has 1 unspecified atom stereocenters. The van der Waals surface area contributed by atoms with Crippen LogP contribution >= 0.6 is 0 Å². The lowest BCUT2D eigenvalue weighted by atomic mass is 10.2. The standard InChI is InChI=1S/C15H19NO3/c17-15(16-9-5-1-2-6-10-16)14-11-18-12-7-3-4-8-13(12)19-14/h3-4,7-8,14H,1-2,5-6,9-11H2. The Morgan fingerprint density at radius 1 is 1.05 bits per heavy atom. The molecule has 4 heteroatoms. The first-order valence-corrected chi connectivity index (χ1v) is 7.02. The molecule has 102 valence electrons. The van der Waals surface area contributed by atoms with E-state index in [-0.39, 0.29) is 5.91 Å². The van der Waals surface area contributed by atoms with Crippen LogP contribution in [0, 0.1) is 0 Å². The number of ether oxygens (including phenoxy) is 2. The zero-order valence-corrected chi connectivity index (χ0v) is 11.0. The third kappa shape index (κ3) is 2.67. The molecule has 1 amide bonds. The van der Waals surface area contributed by atoms with Crippen molar-refractivity contribution in [1.29, 1.82) is 0 Å². The van der Waals surface area contributed by atoms with Crippen LogP contribution in [0.3, 0.4) is 0 Å². The van der Waals surface area contributed by atoms with Gasteiger partial charge in [-0.25, -0.2) is 0 Å². The lowest BCUT2D eigenvalue weighted by Gasteiger charge is -2.30. The Hall–Kier alpha value is -1.71. The van der Waals surface area contributed by atoms with E-state index in [0.717, 1.165) is 31.7 Å². The molecule has 2 heterocycles. The van der Waals surface area contributed by atoms with Gasteiger partial charge < -0.3 is 14.4 Å². The van der Waals surface area contributed by atoms with Crippen LogP contribution in [0.25, 0.3) is 0 Å². The van der Waals surface area contributed by atoms with Crippen molar-refractivity contribution in [2.24, 2.45) is 0 Å². The van der Waals surface area contributed by atoms with Gasteiger partial charge in [-0.1, -0.05) is 25.0 Å². The molecule has 4 nitrogen and oxygen atoms in total. The third-order valence-electron chi connectivity index (χ3n) is 3.70. The maximum atomic E-state index is 12.4. The number of carbonyl (C=O) groups is 1. The lowest BCUT2D eigenvalue weighted by Crippen LogP contribution is -2.46. The number of fused-ring (bicyclic) bond motifs is 1. The van der Waals surface area contributed by atoms with Crippen molar-refractivity contribution >= 4 is 5.91 Å². The minimum absolute atomic E-state index is 0.0661. The smallest absolute Gasteiger partial charge is 0.267 e. The van der Waals surface area contributed by atoms with Gasteiger partial charge in [0.25, 0.3) is 5.91 Å². The molecule has 0 aliphatic carbocycles. The Bertz CT molecular complexity index is 452. The monoisotopic (exact) mass is 261 g/mol. The maximum absolute atomic E-state index is 12.4. The molecular weight excluding hydrogens is 242 g/mol. The molecule has 2 aliphatic rings. The summed E-state index contributed by atoms with van der Waals surface area (Å²) < 4.78 is 11.4. The Morgan fingerprint density at radius 2 is 1.74 bits per heavy atom. The minimum atomic E-state index is -0.493. The van der Waals surface area contributed by atoms with Gasteiger partial charge in [-0.15, -0.1) is 0 Å². The van der Waals surface area contributed by atoms with Crippen LogP contribution in [0.15, 0.2) is 24.3 Å². The van der Waals surface area contributed by atoms with E-state index in [1.807, 2.05) is 29.2 Å². The van der Waals surface area contributed by atoms with E-state index in [0.29, 0.717) is 12.4 Å². The van der Waals surface area contributed by atoms with Gasteiger partial charge in [-0.2, -0.15) is 0 Å². The van der Waals surface area contributed by atoms with Crippen LogP contribution in [0.1, 0.15) is 25.7 Å². The second-order valence-electron chi connectivity index (χ2n) is 5.10. The van der Waals surface area contributed by atoms with Gasteiger partial charge in [0.05, 0.1) is 0 Å². The van der Waals surface area contributed by atoms with Crippen LogP contribution in [0.4, 0.5) is 0 Å². The number of nitrogens with zero attached hydrogens (tertiary/aromatic N) is 1. The summed E-state index contributed by atoms with van der Waals surface area (Å²) in [5.41, 5.74) is 0. The van der Waals surface area contributed by atoms with E-state index in [1.54, 1.807) is 0 Å². The van der Waals surface area contributed by atoms with Crippen molar-refractivity contribution < 1.29 is 14.3 Å². The van der Waals surface area contributed by atoms with Gasteiger partial charge in [0.1, 0.15) is 6.61 Å². The predicted octanol–water partition coefficient (Wildman–Crippen LogP) is 2.23. The average molecular weight is 261 g/mol. The molecule has 0 radical (unpaired) electrons. The SMILES string of the molecule is O=C(C1COc2ccccc2O1)N1CCCCCC1. The maximum Gasteiger partial charge on any atom is 0.267 e. The first kappa shape index (κ1) is 12.3. The van der Waals surface area contributed by atoms with Gasteiger partial charge in [-0.05, 0) is 25.0 Å². The minimum Gasteiger partial charge on any atom is -0.485 e. The highest BCUT2D eigenvalue weighted by molar-refractivity contribution is 5.82. The number of hydrogen-bond acceptors (Lipinski definition) is 3. The molecule has 0 aromatic heterocycles. The van der Waals surface area contributed by atoms with E-state index >= 15 is 0 Å². The van der Waals surface area contributed by atoms with Gasteiger partial charge in [0.15, 0.2) is 11.5 Å². The molecule has 1 fully saturated rings. The predicted molar refractivity (Wildman–Crippen MR) is 71.4 cm³/mol. The normalized spacial score (nSPS) is 22.7. The highest BCUT2D eigenvalue weighted by Crippen LogP contribution is 2.31. The van der Waals surface area contributed by atoms with Crippen molar-refractivity contribution in [1.82, 2.24) is 4.90 Å². The number of benzene rings is 1. The lowest BCUT2D eigenvalue weighted by molar-refractivity contribution is -0.141. The number of rotatable bonds is 1. The molecule has 1 atom stereocenters. The van der Waals surface area contributed by atoms with Crippen molar-refractivity contribution in [3.63, 3.8) is 0 Å².